The molecule has 1 atom stereocenters. The number of hydrogen-bond donors (Lipinski definition) is 2. The lowest BCUT2D eigenvalue weighted by atomic mass is 10.1. The van der Waals surface area contributed by atoms with Gasteiger partial charge in [0, 0.05) is 12.4 Å². The van der Waals surface area contributed by atoms with Crippen LogP contribution in [0.1, 0.15) is 16.6 Å². The minimum Gasteiger partial charge on any atom is -0.477 e. The lowest BCUT2D eigenvalue weighted by Gasteiger charge is -2.31. The van der Waals surface area contributed by atoms with Crippen LogP contribution >= 0.6 is 11.3 Å². The highest BCUT2D eigenvalue weighted by molar-refractivity contribution is 7.13. The minimum atomic E-state index is -1.01. The molecule has 1 amide bonds. The summed E-state index contributed by atoms with van der Waals surface area (Å²) in [6, 6.07) is -0.270. The molecule has 2 rings (SSSR count). The molecule has 2 heterocycles. The zero-order valence-corrected chi connectivity index (χ0v) is 9.09. The average molecular weight is 226 g/mol. The molecule has 0 aromatic carbocycles. The number of nitrogens with zero attached hydrogens (tertiary/aromatic N) is 1. The van der Waals surface area contributed by atoms with Crippen molar-refractivity contribution < 1.29 is 14.7 Å². The fraction of sp³-hybridized carbons (Fsp3) is 0.333. The van der Waals surface area contributed by atoms with Crippen LogP contribution in [0.15, 0.2) is 5.38 Å². The second-order valence-electron chi connectivity index (χ2n) is 3.41. The second kappa shape index (κ2) is 3.23. The molecule has 0 fully saturated rings. The fourth-order valence-corrected chi connectivity index (χ4v) is 2.39. The van der Waals surface area contributed by atoms with Gasteiger partial charge in [0.1, 0.15) is 10.9 Å². The summed E-state index contributed by atoms with van der Waals surface area (Å²) in [6.07, 6.45) is 0. The van der Waals surface area contributed by atoms with E-state index in [9.17, 15) is 9.59 Å². The van der Waals surface area contributed by atoms with E-state index in [0.717, 1.165) is 17.0 Å². The van der Waals surface area contributed by atoms with Crippen molar-refractivity contribution in [2.75, 3.05) is 17.3 Å². The molecule has 1 aliphatic heterocycles. The number of carbonyl (C=O) groups is 2. The summed E-state index contributed by atoms with van der Waals surface area (Å²) in [7, 11) is 1.78. The molecule has 1 aromatic heterocycles. The van der Waals surface area contributed by atoms with Crippen molar-refractivity contribution in [3.05, 3.63) is 10.3 Å². The quantitative estimate of drug-likeness (QED) is 0.755. The summed E-state index contributed by atoms with van der Waals surface area (Å²) < 4.78 is 0. The largest absolute Gasteiger partial charge is 0.477 e. The molecule has 80 valence electrons. The molecule has 1 aromatic rings. The monoisotopic (exact) mass is 226 g/mol. The van der Waals surface area contributed by atoms with Gasteiger partial charge in [-0.3, -0.25) is 4.79 Å². The Morgan fingerprint density at radius 1 is 1.67 bits per heavy atom. The second-order valence-corrected chi connectivity index (χ2v) is 4.29. The smallest absolute Gasteiger partial charge is 0.348 e. The highest BCUT2D eigenvalue weighted by Gasteiger charge is 2.31. The van der Waals surface area contributed by atoms with Crippen LogP contribution < -0.4 is 10.2 Å². The summed E-state index contributed by atoms with van der Waals surface area (Å²) in [4.78, 5) is 24.3. The average Bonchev–Trinajstić information content (AvgIpc) is 2.58. The summed E-state index contributed by atoms with van der Waals surface area (Å²) >= 11 is 1.13. The highest BCUT2D eigenvalue weighted by atomic mass is 32.1. The Hall–Kier alpha value is -1.56. The van der Waals surface area contributed by atoms with E-state index in [2.05, 4.69) is 5.32 Å². The first kappa shape index (κ1) is 9.97. The van der Waals surface area contributed by atoms with Crippen molar-refractivity contribution in [2.45, 2.75) is 13.0 Å². The Morgan fingerprint density at radius 3 is 2.93 bits per heavy atom. The molecule has 1 aliphatic rings. The van der Waals surface area contributed by atoms with Gasteiger partial charge in [-0.1, -0.05) is 0 Å². The van der Waals surface area contributed by atoms with Crippen LogP contribution in [0, 0.1) is 0 Å². The predicted octanol–water partition coefficient (Wildman–Crippen LogP) is 1.22. The molecule has 0 unspecified atom stereocenters. The zero-order valence-electron chi connectivity index (χ0n) is 8.27. The molecular formula is C9H10N2O3S. The zero-order chi connectivity index (χ0) is 11.2. The standard InChI is InChI=1S/C9H10N2O3S/c1-4-8(12)10-6-5(11(4)2)3-15-7(6)9(13)14/h3-4H,1-2H3,(H,10,12)(H,13,14)/t4-/m0/s1. The van der Waals surface area contributed by atoms with E-state index in [-0.39, 0.29) is 16.8 Å². The van der Waals surface area contributed by atoms with Gasteiger partial charge in [0.15, 0.2) is 0 Å². The maximum Gasteiger partial charge on any atom is 0.348 e. The van der Waals surface area contributed by atoms with Crippen LogP contribution in [-0.4, -0.2) is 30.1 Å². The van der Waals surface area contributed by atoms with Crippen LogP contribution in [0.4, 0.5) is 11.4 Å². The van der Waals surface area contributed by atoms with Crippen LogP contribution in [-0.2, 0) is 4.79 Å². The van der Waals surface area contributed by atoms with E-state index in [4.69, 9.17) is 5.11 Å². The number of likely N-dealkylation sites (N-methyl/N-ethyl adjacent to an activating group) is 1. The summed E-state index contributed by atoms with van der Waals surface area (Å²) in [6.45, 7) is 1.77. The third kappa shape index (κ3) is 1.37. The summed E-state index contributed by atoms with van der Waals surface area (Å²) in [5.74, 6) is -1.18. The molecule has 0 radical (unpaired) electrons. The Balaban J connectivity index is 2.52. The van der Waals surface area contributed by atoms with Crippen molar-refractivity contribution in [3.8, 4) is 0 Å². The topological polar surface area (TPSA) is 69.6 Å². The molecule has 0 aliphatic carbocycles. The van der Waals surface area contributed by atoms with Crippen molar-refractivity contribution in [1.29, 1.82) is 0 Å². The van der Waals surface area contributed by atoms with Gasteiger partial charge in [0.05, 0.1) is 11.4 Å². The fourth-order valence-electron chi connectivity index (χ4n) is 1.50. The number of aromatic carboxylic acids is 1. The molecule has 0 saturated carbocycles. The van der Waals surface area contributed by atoms with Gasteiger partial charge in [-0.15, -0.1) is 11.3 Å². The number of rotatable bonds is 1. The number of anilines is 2. The number of nitrogens with one attached hydrogen (secondary N) is 1. The lowest BCUT2D eigenvalue weighted by Crippen LogP contribution is -2.43. The first-order valence-corrected chi connectivity index (χ1v) is 5.29. The SMILES string of the molecule is C[C@H]1C(=O)Nc2c(csc2C(=O)O)N1C. The van der Waals surface area contributed by atoms with E-state index in [1.807, 2.05) is 0 Å². The number of thiophene rings is 1. The van der Waals surface area contributed by atoms with E-state index >= 15 is 0 Å². The van der Waals surface area contributed by atoms with E-state index in [0.29, 0.717) is 5.69 Å². The van der Waals surface area contributed by atoms with Gasteiger partial charge in [0.25, 0.3) is 0 Å². The van der Waals surface area contributed by atoms with Crippen molar-refractivity contribution in [1.82, 2.24) is 0 Å². The molecule has 5 nitrogen and oxygen atoms in total. The molecule has 0 spiro atoms. The summed E-state index contributed by atoms with van der Waals surface area (Å²) in [5.41, 5.74) is 1.18. The van der Waals surface area contributed by atoms with Crippen molar-refractivity contribution in [2.24, 2.45) is 0 Å². The van der Waals surface area contributed by atoms with E-state index in [1.54, 1.807) is 24.3 Å². The predicted molar refractivity (Wildman–Crippen MR) is 57.8 cm³/mol. The number of carbonyl (C=O) groups excluding carboxylic acids is 1. The van der Waals surface area contributed by atoms with Crippen LogP contribution in [0.25, 0.3) is 0 Å². The van der Waals surface area contributed by atoms with Gasteiger partial charge in [-0.25, -0.2) is 4.79 Å². The Kier molecular flexibility index (Phi) is 2.15. The van der Waals surface area contributed by atoms with E-state index in [1.165, 1.54) is 0 Å². The minimum absolute atomic E-state index is 0.175. The first-order chi connectivity index (χ1) is 7.02. The molecule has 0 bridgehead atoms. The molecule has 6 heteroatoms. The van der Waals surface area contributed by atoms with Crippen LogP contribution in [0.3, 0.4) is 0 Å². The highest BCUT2D eigenvalue weighted by Crippen LogP contribution is 2.38. The number of fused-ring (bicyclic) bond motifs is 1. The van der Waals surface area contributed by atoms with Gasteiger partial charge in [-0.2, -0.15) is 0 Å². The number of carboxylic acid groups (broad SMARTS) is 1. The van der Waals surface area contributed by atoms with Crippen LogP contribution in [0.2, 0.25) is 0 Å². The number of amides is 1. The van der Waals surface area contributed by atoms with Gasteiger partial charge < -0.3 is 15.3 Å². The third-order valence-corrected chi connectivity index (χ3v) is 3.51. The molecular weight excluding hydrogens is 216 g/mol. The van der Waals surface area contributed by atoms with Crippen LogP contribution in [0.5, 0.6) is 0 Å². The lowest BCUT2D eigenvalue weighted by molar-refractivity contribution is -0.117. The van der Waals surface area contributed by atoms with Gasteiger partial charge in [-0.05, 0) is 6.92 Å². The Bertz CT molecular complexity index is 441. The van der Waals surface area contributed by atoms with Crippen molar-refractivity contribution >= 4 is 34.6 Å². The maximum atomic E-state index is 11.5. The third-order valence-electron chi connectivity index (χ3n) is 2.55. The number of carboxylic acids is 1. The normalized spacial score (nSPS) is 19.7. The Morgan fingerprint density at radius 2 is 2.33 bits per heavy atom. The summed E-state index contributed by atoms with van der Waals surface area (Å²) in [5, 5.41) is 13.3. The van der Waals surface area contributed by atoms with Gasteiger partial charge >= 0.3 is 5.97 Å². The molecule has 15 heavy (non-hydrogen) atoms. The molecule has 0 saturated heterocycles. The van der Waals surface area contributed by atoms with Gasteiger partial charge in [0.2, 0.25) is 5.91 Å². The molecule has 2 N–H and O–H groups in total. The number of hydrogen-bond acceptors (Lipinski definition) is 4. The Labute approximate surface area is 90.3 Å². The first-order valence-electron chi connectivity index (χ1n) is 4.41. The van der Waals surface area contributed by atoms with E-state index < -0.39 is 5.97 Å². The van der Waals surface area contributed by atoms with Crippen molar-refractivity contribution in [3.63, 3.8) is 0 Å². The maximum absolute atomic E-state index is 11.5.